The van der Waals surface area contributed by atoms with Gasteiger partial charge in [0.15, 0.2) is 11.5 Å². The Bertz CT molecular complexity index is 1070. The number of nitrogen functional groups attached to an aromatic ring is 1. The Morgan fingerprint density at radius 2 is 1.59 bits per heavy atom. The second-order valence-electron chi connectivity index (χ2n) is 6.31. The van der Waals surface area contributed by atoms with Crippen LogP contribution >= 0.6 is 0 Å². The first kappa shape index (κ1) is 20.0. The summed E-state index contributed by atoms with van der Waals surface area (Å²) in [6, 6.07) is 15.6. The summed E-state index contributed by atoms with van der Waals surface area (Å²) < 4.78 is 16.5. The van der Waals surface area contributed by atoms with E-state index in [4.69, 9.17) is 19.9 Å². The first-order valence-corrected chi connectivity index (χ1v) is 9.17. The molecule has 6 nitrogen and oxygen atoms in total. The predicted octanol–water partition coefficient (Wildman–Crippen LogP) is 4.46. The van der Waals surface area contributed by atoms with Gasteiger partial charge in [-0.3, -0.25) is 0 Å². The number of pyridine rings is 1. The van der Waals surface area contributed by atoms with Crippen molar-refractivity contribution in [3.05, 3.63) is 53.6 Å². The van der Waals surface area contributed by atoms with E-state index in [1.54, 1.807) is 33.5 Å². The average Bonchev–Trinajstić information content (AvgIpc) is 2.77. The first-order valence-electron chi connectivity index (χ1n) is 9.17. The molecule has 1 aromatic heterocycles. The predicted molar refractivity (Wildman–Crippen MR) is 113 cm³/mol. The van der Waals surface area contributed by atoms with Crippen LogP contribution in [-0.2, 0) is 6.42 Å². The third-order valence-electron chi connectivity index (χ3n) is 4.81. The fourth-order valence-corrected chi connectivity index (χ4v) is 3.46. The molecule has 148 valence electrons. The molecule has 0 saturated carbocycles. The van der Waals surface area contributed by atoms with Crippen LogP contribution in [0, 0.1) is 11.3 Å². The molecule has 0 amide bonds. The van der Waals surface area contributed by atoms with Gasteiger partial charge in [0.05, 0.1) is 27.0 Å². The summed E-state index contributed by atoms with van der Waals surface area (Å²) in [6.45, 7) is 2.03. The van der Waals surface area contributed by atoms with E-state index in [2.05, 4.69) is 11.1 Å². The van der Waals surface area contributed by atoms with E-state index in [1.165, 1.54) is 0 Å². The summed E-state index contributed by atoms with van der Waals surface area (Å²) in [4.78, 5) is 4.56. The fraction of sp³-hybridized carbons (Fsp3) is 0.217. The molecule has 29 heavy (non-hydrogen) atoms. The molecule has 0 spiro atoms. The Morgan fingerprint density at radius 3 is 2.14 bits per heavy atom. The summed E-state index contributed by atoms with van der Waals surface area (Å²) in [6.07, 6.45) is 0.652. The lowest BCUT2D eigenvalue weighted by molar-refractivity contribution is 0.349. The van der Waals surface area contributed by atoms with E-state index in [9.17, 15) is 5.26 Å². The van der Waals surface area contributed by atoms with Crippen LogP contribution in [0.4, 0.5) is 5.82 Å². The molecule has 0 aliphatic rings. The zero-order chi connectivity index (χ0) is 21.0. The number of aromatic nitrogens is 1. The van der Waals surface area contributed by atoms with Gasteiger partial charge in [-0.25, -0.2) is 4.98 Å². The van der Waals surface area contributed by atoms with Crippen LogP contribution in [-0.4, -0.2) is 26.3 Å². The lowest BCUT2D eigenvalue weighted by atomic mass is 9.90. The van der Waals surface area contributed by atoms with Crippen LogP contribution in [0.5, 0.6) is 17.2 Å². The van der Waals surface area contributed by atoms with Crippen LogP contribution < -0.4 is 19.9 Å². The summed E-state index contributed by atoms with van der Waals surface area (Å²) in [7, 11) is 4.70. The van der Waals surface area contributed by atoms with Gasteiger partial charge in [-0.15, -0.1) is 0 Å². The Labute approximate surface area is 170 Å². The van der Waals surface area contributed by atoms with E-state index in [0.717, 1.165) is 16.8 Å². The highest BCUT2D eigenvalue weighted by Crippen LogP contribution is 2.45. The molecular weight excluding hydrogens is 366 g/mol. The number of rotatable bonds is 6. The number of ether oxygens (including phenoxy) is 3. The SMILES string of the molecule is CCc1c(-c2ccccc2)nc(N)c(C#N)c1-c1cc(OC)c(OC)cc1OC. The standard InChI is InChI=1S/C23H23N3O3/c1-5-15-21(16-11-19(28-3)20(29-4)12-18(16)27-2)17(13-24)23(25)26-22(15)14-9-7-6-8-10-14/h6-12H,5H2,1-4H3,(H2,25,26). The highest BCUT2D eigenvalue weighted by atomic mass is 16.5. The Balaban J connectivity index is 2.43. The van der Waals surface area contributed by atoms with Crippen LogP contribution in [0.2, 0.25) is 0 Å². The molecule has 2 N–H and O–H groups in total. The quantitative estimate of drug-likeness (QED) is 0.669. The van der Waals surface area contributed by atoms with Gasteiger partial charge >= 0.3 is 0 Å². The van der Waals surface area contributed by atoms with E-state index in [1.807, 2.05) is 37.3 Å². The van der Waals surface area contributed by atoms with E-state index >= 15 is 0 Å². The van der Waals surface area contributed by atoms with E-state index < -0.39 is 0 Å². The number of nitrogens with two attached hydrogens (primary N) is 1. The summed E-state index contributed by atoms with van der Waals surface area (Å²) >= 11 is 0. The van der Waals surface area contributed by atoms with Gasteiger partial charge in [0.25, 0.3) is 0 Å². The largest absolute Gasteiger partial charge is 0.496 e. The van der Waals surface area contributed by atoms with Gasteiger partial charge in [-0.05, 0) is 18.1 Å². The van der Waals surface area contributed by atoms with Gasteiger partial charge in [0.1, 0.15) is 23.2 Å². The van der Waals surface area contributed by atoms with Crippen LogP contribution in [0.1, 0.15) is 18.1 Å². The van der Waals surface area contributed by atoms with Crippen molar-refractivity contribution in [2.75, 3.05) is 27.1 Å². The Kier molecular flexibility index (Phi) is 5.89. The molecule has 3 rings (SSSR count). The van der Waals surface area contributed by atoms with E-state index in [0.29, 0.717) is 40.4 Å². The number of nitriles is 1. The van der Waals surface area contributed by atoms with Crippen molar-refractivity contribution in [3.63, 3.8) is 0 Å². The minimum atomic E-state index is 0.176. The maximum Gasteiger partial charge on any atom is 0.164 e. The third kappa shape index (κ3) is 3.55. The monoisotopic (exact) mass is 389 g/mol. The Morgan fingerprint density at radius 1 is 0.966 bits per heavy atom. The zero-order valence-corrected chi connectivity index (χ0v) is 16.9. The molecule has 0 unspecified atom stereocenters. The van der Waals surface area contributed by atoms with Gasteiger partial charge in [-0.2, -0.15) is 5.26 Å². The maximum absolute atomic E-state index is 9.87. The normalized spacial score (nSPS) is 10.3. The molecular formula is C23H23N3O3. The molecule has 0 fully saturated rings. The highest BCUT2D eigenvalue weighted by molar-refractivity contribution is 5.88. The van der Waals surface area contributed by atoms with Crippen molar-refractivity contribution in [1.29, 1.82) is 5.26 Å². The number of benzene rings is 2. The summed E-state index contributed by atoms with van der Waals surface area (Å²) in [5, 5.41) is 9.87. The fourth-order valence-electron chi connectivity index (χ4n) is 3.46. The van der Waals surface area contributed by atoms with Crippen LogP contribution in [0.15, 0.2) is 42.5 Å². The molecule has 1 heterocycles. The minimum absolute atomic E-state index is 0.176. The van der Waals surface area contributed by atoms with E-state index in [-0.39, 0.29) is 5.82 Å². The summed E-state index contributed by atoms with van der Waals surface area (Å²) in [5.74, 6) is 1.80. The molecule has 0 atom stereocenters. The number of hydrogen-bond acceptors (Lipinski definition) is 6. The van der Waals surface area contributed by atoms with Crippen LogP contribution in [0.25, 0.3) is 22.4 Å². The smallest absolute Gasteiger partial charge is 0.164 e. The van der Waals surface area contributed by atoms with Crippen molar-refractivity contribution in [2.24, 2.45) is 0 Å². The number of hydrogen-bond donors (Lipinski definition) is 1. The van der Waals surface area contributed by atoms with Crippen molar-refractivity contribution >= 4 is 5.82 Å². The van der Waals surface area contributed by atoms with Crippen LogP contribution in [0.3, 0.4) is 0 Å². The first-order chi connectivity index (χ1) is 14.1. The lowest BCUT2D eigenvalue weighted by Crippen LogP contribution is -2.06. The number of methoxy groups -OCH3 is 3. The molecule has 0 saturated heterocycles. The number of anilines is 1. The average molecular weight is 389 g/mol. The van der Waals surface area contributed by atoms with Gasteiger partial charge in [0.2, 0.25) is 0 Å². The molecule has 6 heteroatoms. The highest BCUT2D eigenvalue weighted by Gasteiger charge is 2.24. The molecule has 3 aromatic rings. The second-order valence-corrected chi connectivity index (χ2v) is 6.31. The topological polar surface area (TPSA) is 90.4 Å². The lowest BCUT2D eigenvalue weighted by Gasteiger charge is -2.20. The molecule has 0 radical (unpaired) electrons. The van der Waals surface area contributed by atoms with Crippen molar-refractivity contribution in [2.45, 2.75) is 13.3 Å². The molecule has 0 aliphatic heterocycles. The summed E-state index contributed by atoms with van der Waals surface area (Å²) in [5.41, 5.74) is 10.5. The Hall–Kier alpha value is -3.72. The molecule has 2 aromatic carbocycles. The molecule has 0 aliphatic carbocycles. The van der Waals surface area contributed by atoms with Crippen molar-refractivity contribution in [1.82, 2.24) is 4.98 Å². The third-order valence-corrected chi connectivity index (χ3v) is 4.81. The van der Waals surface area contributed by atoms with Gasteiger partial charge in [-0.1, -0.05) is 37.3 Å². The number of nitrogens with zero attached hydrogens (tertiary/aromatic N) is 2. The van der Waals surface area contributed by atoms with Crippen molar-refractivity contribution in [3.8, 4) is 45.7 Å². The molecule has 0 bridgehead atoms. The minimum Gasteiger partial charge on any atom is -0.496 e. The van der Waals surface area contributed by atoms with Gasteiger partial charge in [0, 0.05) is 22.8 Å². The maximum atomic E-state index is 9.87. The van der Waals surface area contributed by atoms with Crippen molar-refractivity contribution < 1.29 is 14.2 Å². The zero-order valence-electron chi connectivity index (χ0n) is 16.9. The van der Waals surface area contributed by atoms with Gasteiger partial charge < -0.3 is 19.9 Å². The second kappa shape index (κ2) is 8.53.